The highest BCUT2D eigenvalue weighted by atomic mass is 32.1. The van der Waals surface area contributed by atoms with Crippen LogP contribution < -0.4 is 0 Å². The molecule has 1 fully saturated rings. The van der Waals surface area contributed by atoms with Crippen LogP contribution in [0.3, 0.4) is 0 Å². The number of aromatic nitrogens is 4. The first-order chi connectivity index (χ1) is 12.5. The van der Waals surface area contributed by atoms with Crippen LogP contribution in [0.5, 0.6) is 0 Å². The topological polar surface area (TPSA) is 69.8 Å². The van der Waals surface area contributed by atoms with E-state index in [1.165, 1.54) is 24.8 Å². The SMILES string of the molecule is CCC(C)([SH2+])c1c(C#N)nc2nc(-c3ccc(CCC4CC4)cc3)[nH]n12. The number of fused-ring (bicyclic) bond motifs is 1. The molecule has 2 aromatic heterocycles. The summed E-state index contributed by atoms with van der Waals surface area (Å²) in [5.41, 5.74) is 3.63. The predicted octanol–water partition coefficient (Wildman–Crippen LogP) is 3.58. The van der Waals surface area contributed by atoms with Crippen LogP contribution in [0.1, 0.15) is 56.5 Å². The third-order valence-corrected chi connectivity index (χ3v) is 5.98. The van der Waals surface area contributed by atoms with E-state index in [0.29, 0.717) is 11.5 Å². The number of benzene rings is 1. The Balaban J connectivity index is 1.66. The number of hydrogen-bond donors (Lipinski definition) is 1. The second-order valence-corrected chi connectivity index (χ2v) is 8.60. The molecule has 6 heteroatoms. The maximum absolute atomic E-state index is 9.42. The molecule has 1 aliphatic carbocycles. The van der Waals surface area contributed by atoms with Crippen LogP contribution in [0, 0.1) is 17.2 Å². The molecule has 1 atom stereocenters. The summed E-state index contributed by atoms with van der Waals surface area (Å²) in [4.78, 5) is 8.99. The quantitative estimate of drug-likeness (QED) is 0.678. The predicted molar refractivity (Wildman–Crippen MR) is 106 cm³/mol. The molecular weight excluding hydrogens is 342 g/mol. The summed E-state index contributed by atoms with van der Waals surface area (Å²) in [6.07, 6.45) is 6.09. The molecule has 2 heterocycles. The highest BCUT2D eigenvalue weighted by Gasteiger charge is 2.35. The molecule has 134 valence electrons. The van der Waals surface area contributed by atoms with Crippen molar-refractivity contribution in [2.75, 3.05) is 0 Å². The molecule has 1 aliphatic rings. The standard InChI is InChI=1S/C20H23N5S/c1-3-20(2,26)17-16(12-21)22-19-23-18(24-25(17)19)15-10-8-14(9-11-15)7-6-13-4-5-13/h8-11,13,26H,3-7H2,1-2H3,(H,22,23,24)/p+1. The number of aryl methyl sites for hydroxylation is 1. The zero-order chi connectivity index (χ0) is 18.3. The number of rotatable bonds is 6. The summed E-state index contributed by atoms with van der Waals surface area (Å²) < 4.78 is 1.48. The molecule has 1 unspecified atom stereocenters. The van der Waals surface area contributed by atoms with E-state index in [9.17, 15) is 5.26 Å². The fourth-order valence-electron chi connectivity index (χ4n) is 3.31. The summed E-state index contributed by atoms with van der Waals surface area (Å²) in [7, 11) is 0. The fraction of sp³-hybridized carbons (Fsp3) is 0.450. The summed E-state index contributed by atoms with van der Waals surface area (Å²) >= 11 is 3.79. The lowest BCUT2D eigenvalue weighted by molar-refractivity contribution is 0.624. The van der Waals surface area contributed by atoms with Crippen molar-refractivity contribution < 1.29 is 0 Å². The molecule has 3 aromatic rings. The molecule has 0 bridgehead atoms. The normalized spacial score (nSPS) is 16.5. The van der Waals surface area contributed by atoms with Gasteiger partial charge in [0, 0.05) is 12.0 Å². The van der Waals surface area contributed by atoms with Gasteiger partial charge in [0.1, 0.15) is 11.8 Å². The van der Waals surface area contributed by atoms with E-state index in [4.69, 9.17) is 0 Å². The van der Waals surface area contributed by atoms with Crippen molar-refractivity contribution in [2.45, 2.75) is 50.7 Å². The Labute approximate surface area is 158 Å². The van der Waals surface area contributed by atoms with Crippen LogP contribution in [0.25, 0.3) is 17.2 Å². The van der Waals surface area contributed by atoms with Crippen LogP contribution in [-0.2, 0) is 23.8 Å². The van der Waals surface area contributed by atoms with E-state index in [1.54, 1.807) is 0 Å². The van der Waals surface area contributed by atoms with Gasteiger partial charge in [0.05, 0.1) is 0 Å². The second kappa shape index (κ2) is 6.48. The molecule has 1 saturated carbocycles. The van der Waals surface area contributed by atoms with Gasteiger partial charge in [0.2, 0.25) is 0 Å². The molecule has 5 nitrogen and oxygen atoms in total. The van der Waals surface area contributed by atoms with Crippen molar-refractivity contribution in [2.24, 2.45) is 5.92 Å². The van der Waals surface area contributed by atoms with Crippen molar-refractivity contribution in [1.29, 1.82) is 5.26 Å². The highest BCUT2D eigenvalue weighted by Crippen LogP contribution is 2.34. The number of nitrogens with one attached hydrogen (secondary N) is 1. The van der Waals surface area contributed by atoms with Gasteiger partial charge in [0.25, 0.3) is 5.78 Å². The number of hydrogen-bond acceptors (Lipinski definition) is 3. The first-order valence-electron chi connectivity index (χ1n) is 9.25. The molecule has 4 rings (SSSR count). The molecule has 1 aromatic carbocycles. The van der Waals surface area contributed by atoms with Crippen molar-refractivity contribution >= 4 is 18.4 Å². The molecule has 0 radical (unpaired) electrons. The molecule has 26 heavy (non-hydrogen) atoms. The first-order valence-corrected chi connectivity index (χ1v) is 9.75. The summed E-state index contributed by atoms with van der Waals surface area (Å²) in [5.74, 6) is 2.25. The third-order valence-electron chi connectivity index (χ3n) is 5.39. The minimum absolute atomic E-state index is 0.346. The Hall–Kier alpha value is -2.26. The fourth-order valence-corrected chi connectivity index (χ4v) is 3.54. The summed E-state index contributed by atoms with van der Waals surface area (Å²) in [6.45, 7) is 4.12. The molecule has 0 saturated heterocycles. The number of aromatic amines is 1. The summed E-state index contributed by atoms with van der Waals surface area (Å²) in [5, 5.41) is 12.7. The van der Waals surface area contributed by atoms with E-state index in [1.807, 2.05) is 11.4 Å². The Morgan fingerprint density at radius 2 is 2.04 bits per heavy atom. The minimum atomic E-state index is -0.346. The van der Waals surface area contributed by atoms with Gasteiger partial charge in [-0.3, -0.25) is 5.10 Å². The highest BCUT2D eigenvalue weighted by molar-refractivity contribution is 7.60. The van der Waals surface area contributed by atoms with Crippen molar-refractivity contribution in [3.8, 4) is 17.5 Å². The first kappa shape index (κ1) is 17.2. The smallest absolute Gasteiger partial charge is 0.252 e. The second-order valence-electron chi connectivity index (χ2n) is 7.49. The monoisotopic (exact) mass is 366 g/mol. The Kier molecular flexibility index (Phi) is 4.28. The van der Waals surface area contributed by atoms with Gasteiger partial charge in [-0.1, -0.05) is 44.0 Å². The maximum Gasteiger partial charge on any atom is 0.252 e. The van der Waals surface area contributed by atoms with Crippen LogP contribution in [0.15, 0.2) is 24.3 Å². The van der Waals surface area contributed by atoms with Crippen molar-refractivity contribution in [3.05, 3.63) is 41.2 Å². The summed E-state index contributed by atoms with van der Waals surface area (Å²) in [6, 6.07) is 10.8. The van der Waals surface area contributed by atoms with Gasteiger partial charge in [0.15, 0.2) is 16.3 Å². The van der Waals surface area contributed by atoms with Gasteiger partial charge in [-0.05, 0) is 43.9 Å². The van der Waals surface area contributed by atoms with Crippen LogP contribution in [0.4, 0.5) is 0 Å². The van der Waals surface area contributed by atoms with Gasteiger partial charge in [-0.25, -0.2) is 4.52 Å². The maximum atomic E-state index is 9.42. The average Bonchev–Trinajstić information content (AvgIpc) is 3.28. The minimum Gasteiger partial charge on any atom is -0.274 e. The average molecular weight is 367 g/mol. The van der Waals surface area contributed by atoms with Gasteiger partial charge in [-0.15, -0.1) is 0 Å². The van der Waals surface area contributed by atoms with Gasteiger partial charge in [-0.2, -0.15) is 15.2 Å². The number of H-pyrrole nitrogens is 1. The molecule has 1 N–H and O–H groups in total. The van der Waals surface area contributed by atoms with Crippen LogP contribution in [0.2, 0.25) is 0 Å². The lowest BCUT2D eigenvalue weighted by atomic mass is 10.0. The van der Waals surface area contributed by atoms with E-state index >= 15 is 0 Å². The number of nitriles is 1. The van der Waals surface area contributed by atoms with Crippen molar-refractivity contribution in [1.82, 2.24) is 19.6 Å². The lowest BCUT2D eigenvalue weighted by Crippen LogP contribution is -2.21. The molecule has 0 amide bonds. The van der Waals surface area contributed by atoms with Crippen LogP contribution in [-0.4, -0.2) is 19.6 Å². The number of nitrogens with zero attached hydrogens (tertiary/aromatic N) is 4. The number of imidazole rings is 1. The molecule has 0 spiro atoms. The largest absolute Gasteiger partial charge is 0.274 e. The van der Waals surface area contributed by atoms with Crippen molar-refractivity contribution in [3.63, 3.8) is 0 Å². The van der Waals surface area contributed by atoms with E-state index < -0.39 is 0 Å². The zero-order valence-electron chi connectivity index (χ0n) is 15.2. The zero-order valence-corrected chi connectivity index (χ0v) is 16.2. The van der Waals surface area contributed by atoms with E-state index in [2.05, 4.69) is 65.0 Å². The Morgan fingerprint density at radius 3 is 2.65 bits per heavy atom. The Morgan fingerprint density at radius 1 is 1.31 bits per heavy atom. The molecule has 0 aliphatic heterocycles. The van der Waals surface area contributed by atoms with E-state index in [0.717, 1.165) is 35.8 Å². The lowest BCUT2D eigenvalue weighted by Gasteiger charge is -2.14. The van der Waals surface area contributed by atoms with Crippen LogP contribution >= 0.6 is 0 Å². The van der Waals surface area contributed by atoms with Gasteiger partial charge < -0.3 is 0 Å². The molecular formula is C20H24N5S+. The Bertz CT molecular complexity index is 970. The van der Waals surface area contributed by atoms with E-state index in [-0.39, 0.29) is 4.75 Å². The van der Waals surface area contributed by atoms with Gasteiger partial charge >= 0.3 is 0 Å². The third kappa shape index (κ3) is 3.12.